The molecule has 222 valence electrons. The van der Waals surface area contributed by atoms with E-state index in [1.54, 1.807) is 24.5 Å². The molecule has 2 N–H and O–H groups in total. The van der Waals surface area contributed by atoms with Gasteiger partial charge < -0.3 is 19.9 Å². The Kier molecular flexibility index (Phi) is 9.01. The molecule has 0 saturated carbocycles. The molecule has 0 bridgehead atoms. The molecule has 10 heteroatoms. The van der Waals surface area contributed by atoms with Gasteiger partial charge in [0.1, 0.15) is 17.8 Å². The van der Waals surface area contributed by atoms with Crippen molar-refractivity contribution in [1.82, 2.24) is 25.2 Å². The Balaban J connectivity index is 1.39. The van der Waals surface area contributed by atoms with E-state index in [1.165, 1.54) is 17.4 Å². The lowest BCUT2D eigenvalue weighted by atomic mass is 9.87. The lowest BCUT2D eigenvalue weighted by Gasteiger charge is -2.37. The highest BCUT2D eigenvalue weighted by Crippen LogP contribution is 2.32. The lowest BCUT2D eigenvalue weighted by Crippen LogP contribution is -2.52. The number of likely N-dealkylation sites (tertiary alicyclic amines) is 1. The highest BCUT2D eigenvalue weighted by molar-refractivity contribution is 6.09. The quantitative estimate of drug-likeness (QED) is 0.439. The molecule has 5 rings (SSSR count). The minimum atomic E-state index is -0.987. The number of piperidine rings is 1. The van der Waals surface area contributed by atoms with Crippen molar-refractivity contribution < 1.29 is 19.1 Å². The molecule has 2 aliphatic heterocycles. The minimum absolute atomic E-state index is 0.0437. The van der Waals surface area contributed by atoms with Gasteiger partial charge in [-0.1, -0.05) is 39.0 Å². The second-order valence-electron chi connectivity index (χ2n) is 12.1. The predicted octanol–water partition coefficient (Wildman–Crippen LogP) is 4.17. The van der Waals surface area contributed by atoms with E-state index in [9.17, 15) is 14.4 Å². The van der Waals surface area contributed by atoms with Crippen LogP contribution in [-0.2, 0) is 19.7 Å². The first-order valence-electron chi connectivity index (χ1n) is 14.8. The van der Waals surface area contributed by atoms with E-state index in [1.807, 2.05) is 29.2 Å². The van der Waals surface area contributed by atoms with Crippen LogP contribution in [0.5, 0.6) is 0 Å². The van der Waals surface area contributed by atoms with Crippen LogP contribution in [0.1, 0.15) is 80.5 Å². The molecule has 2 saturated heterocycles. The van der Waals surface area contributed by atoms with Crippen molar-refractivity contribution in [3.05, 3.63) is 78.1 Å². The van der Waals surface area contributed by atoms with Crippen molar-refractivity contribution in [2.24, 2.45) is 0 Å². The van der Waals surface area contributed by atoms with Crippen LogP contribution in [0.2, 0.25) is 0 Å². The molecule has 2 fully saturated rings. The van der Waals surface area contributed by atoms with Crippen molar-refractivity contribution in [3.63, 3.8) is 0 Å². The van der Waals surface area contributed by atoms with Crippen molar-refractivity contribution in [3.8, 4) is 0 Å². The molecule has 2 aliphatic rings. The summed E-state index contributed by atoms with van der Waals surface area (Å²) in [5.41, 5.74) is 2.40. The predicted molar refractivity (Wildman–Crippen MR) is 159 cm³/mol. The Morgan fingerprint density at radius 2 is 1.83 bits per heavy atom. The summed E-state index contributed by atoms with van der Waals surface area (Å²) < 4.78 is 5.70. The van der Waals surface area contributed by atoms with Crippen LogP contribution in [0.4, 0.5) is 5.69 Å². The van der Waals surface area contributed by atoms with Gasteiger partial charge in [-0.25, -0.2) is 4.98 Å². The van der Waals surface area contributed by atoms with Gasteiger partial charge in [-0.3, -0.25) is 24.3 Å². The molecule has 3 aromatic rings. The van der Waals surface area contributed by atoms with Gasteiger partial charge in [0.2, 0.25) is 5.91 Å². The number of anilines is 1. The molecule has 1 aromatic carbocycles. The number of nitrogens with zero attached hydrogens (tertiary/aromatic N) is 4. The second-order valence-corrected chi connectivity index (χ2v) is 12.1. The summed E-state index contributed by atoms with van der Waals surface area (Å²) in [7, 11) is 0. The second kappa shape index (κ2) is 12.9. The largest absolute Gasteiger partial charge is 0.368 e. The average molecular weight is 573 g/mol. The topological polar surface area (TPSA) is 121 Å². The van der Waals surface area contributed by atoms with E-state index in [0.717, 1.165) is 24.8 Å². The van der Waals surface area contributed by atoms with Gasteiger partial charge in [0.05, 0.1) is 6.33 Å². The van der Waals surface area contributed by atoms with Crippen molar-refractivity contribution >= 4 is 23.4 Å². The molecule has 0 radical (unpaired) electrons. The van der Waals surface area contributed by atoms with Gasteiger partial charge in [0.25, 0.3) is 11.8 Å². The van der Waals surface area contributed by atoms with Crippen LogP contribution < -0.4 is 10.2 Å². The SMILES string of the molecule is CC(C)(C)c1ccc(N(C(=O)c2c[nH]cn2)C(C(=O)NC2CCN(C(=O)C3CCCCO3)CC2)c2cccnc2)cc1. The Morgan fingerprint density at radius 3 is 2.43 bits per heavy atom. The van der Waals surface area contributed by atoms with E-state index in [0.29, 0.717) is 43.8 Å². The van der Waals surface area contributed by atoms with Crippen LogP contribution in [0, 0.1) is 0 Å². The molecular formula is C32H40N6O4. The minimum Gasteiger partial charge on any atom is -0.368 e. The zero-order valence-corrected chi connectivity index (χ0v) is 24.6. The van der Waals surface area contributed by atoms with E-state index in [4.69, 9.17) is 4.74 Å². The van der Waals surface area contributed by atoms with Crippen LogP contribution in [0.3, 0.4) is 0 Å². The molecule has 0 aliphatic carbocycles. The number of nitrogens with one attached hydrogen (secondary N) is 2. The Labute approximate surface area is 246 Å². The number of H-pyrrole nitrogens is 1. The first-order chi connectivity index (χ1) is 20.2. The smallest absolute Gasteiger partial charge is 0.279 e. The lowest BCUT2D eigenvalue weighted by molar-refractivity contribution is -0.147. The van der Waals surface area contributed by atoms with Crippen molar-refractivity contribution in [2.45, 2.75) is 76.5 Å². The average Bonchev–Trinajstić information content (AvgIpc) is 3.55. The molecule has 2 unspecified atom stereocenters. The van der Waals surface area contributed by atoms with Crippen molar-refractivity contribution in [1.29, 1.82) is 0 Å². The fraction of sp³-hybridized carbons (Fsp3) is 0.469. The number of rotatable bonds is 7. The summed E-state index contributed by atoms with van der Waals surface area (Å²) in [6.45, 7) is 8.10. The monoisotopic (exact) mass is 572 g/mol. The zero-order chi connectivity index (χ0) is 29.7. The number of aromatic amines is 1. The van der Waals surface area contributed by atoms with E-state index < -0.39 is 11.9 Å². The summed E-state index contributed by atoms with van der Waals surface area (Å²) in [6.07, 6.45) is 9.88. The maximum atomic E-state index is 14.1. The number of aromatic nitrogens is 3. The highest BCUT2D eigenvalue weighted by atomic mass is 16.5. The van der Waals surface area contributed by atoms with Crippen molar-refractivity contribution in [2.75, 3.05) is 24.6 Å². The standard InChI is InChI=1S/C32H40N6O4/c1-32(2,3)23-9-11-25(12-10-23)38(30(40)26-20-34-21-35-26)28(22-7-6-15-33-19-22)29(39)36-24-13-16-37(17-14-24)31(41)27-8-4-5-18-42-27/h6-7,9-12,15,19-21,24,27-28H,4-5,8,13-14,16-18H2,1-3H3,(H,34,35)(H,36,39). The summed E-state index contributed by atoms with van der Waals surface area (Å²) in [6, 6.07) is 10.2. The van der Waals surface area contributed by atoms with Gasteiger partial charge in [0, 0.05) is 55.6 Å². The Bertz CT molecular complexity index is 1340. The van der Waals surface area contributed by atoms with E-state index in [2.05, 4.69) is 41.0 Å². The van der Waals surface area contributed by atoms with Crippen LogP contribution in [0.25, 0.3) is 0 Å². The normalized spacial score (nSPS) is 18.7. The van der Waals surface area contributed by atoms with E-state index in [-0.39, 0.29) is 35.1 Å². The van der Waals surface area contributed by atoms with Crippen LogP contribution in [0.15, 0.2) is 61.3 Å². The third-order valence-electron chi connectivity index (χ3n) is 8.06. The number of benzene rings is 1. The summed E-state index contributed by atoms with van der Waals surface area (Å²) in [5.74, 6) is -0.675. The van der Waals surface area contributed by atoms with Gasteiger partial charge in [-0.15, -0.1) is 0 Å². The zero-order valence-electron chi connectivity index (χ0n) is 24.6. The maximum Gasteiger partial charge on any atom is 0.279 e. The molecule has 3 amide bonds. The van der Waals surface area contributed by atoms with Gasteiger partial charge in [0.15, 0.2) is 0 Å². The number of amides is 3. The fourth-order valence-corrected chi connectivity index (χ4v) is 5.63. The first-order valence-corrected chi connectivity index (χ1v) is 14.8. The number of imidazole rings is 1. The molecule has 4 heterocycles. The summed E-state index contributed by atoms with van der Waals surface area (Å²) >= 11 is 0. The summed E-state index contributed by atoms with van der Waals surface area (Å²) in [4.78, 5) is 55.7. The Hall–Kier alpha value is -4.05. The number of hydrogen-bond acceptors (Lipinski definition) is 6. The molecule has 0 spiro atoms. The van der Waals surface area contributed by atoms with Gasteiger partial charge >= 0.3 is 0 Å². The molecule has 42 heavy (non-hydrogen) atoms. The highest BCUT2D eigenvalue weighted by Gasteiger charge is 2.37. The number of pyridine rings is 1. The maximum absolute atomic E-state index is 14.1. The van der Waals surface area contributed by atoms with Gasteiger partial charge in [-0.05, 0) is 61.3 Å². The number of carbonyl (C=O) groups excluding carboxylic acids is 3. The molecule has 2 aromatic heterocycles. The van der Waals surface area contributed by atoms with E-state index >= 15 is 0 Å². The van der Waals surface area contributed by atoms with Crippen LogP contribution in [-0.4, -0.2) is 69.4 Å². The first kappa shape index (κ1) is 29.4. The van der Waals surface area contributed by atoms with Crippen LogP contribution >= 0.6 is 0 Å². The third kappa shape index (κ3) is 6.70. The molecule has 2 atom stereocenters. The third-order valence-corrected chi connectivity index (χ3v) is 8.06. The number of carbonyl (C=O) groups is 3. The molecular weight excluding hydrogens is 532 g/mol. The Morgan fingerprint density at radius 1 is 1.07 bits per heavy atom. The number of hydrogen-bond donors (Lipinski definition) is 2. The van der Waals surface area contributed by atoms with Gasteiger partial charge in [-0.2, -0.15) is 0 Å². The summed E-state index contributed by atoms with van der Waals surface area (Å²) in [5, 5.41) is 3.18. The number of ether oxygens (including phenoxy) is 1. The molecule has 10 nitrogen and oxygen atoms in total. The fourth-order valence-electron chi connectivity index (χ4n) is 5.63.